The monoisotopic (exact) mass is 339 g/mol. The molecule has 0 saturated carbocycles. The molecule has 2 N–H and O–H groups in total. The molecule has 0 amide bonds. The molecule has 1 atom stereocenters. The maximum Gasteiger partial charge on any atom is 0.327 e. The highest BCUT2D eigenvalue weighted by atomic mass is 79.9. The Hall–Kier alpha value is -0.980. The second kappa shape index (κ2) is 7.45. The molecule has 0 saturated heterocycles. The number of benzene rings is 1. The van der Waals surface area contributed by atoms with Crippen molar-refractivity contribution in [1.82, 2.24) is 0 Å². The van der Waals surface area contributed by atoms with Gasteiger partial charge in [0, 0.05) is 5.56 Å². The number of hydrogen-bond donors (Lipinski definition) is 1. The summed E-state index contributed by atoms with van der Waals surface area (Å²) in [5.74, 6) is 0.531. The Morgan fingerprint density at radius 3 is 2.22 bits per heavy atom. The van der Waals surface area contributed by atoms with E-state index in [1.807, 2.05) is 0 Å². The lowest BCUT2D eigenvalue weighted by molar-refractivity contribution is -0.142. The molecule has 0 unspecified atom stereocenters. The van der Waals surface area contributed by atoms with Crippen LogP contribution in [0, 0.1) is 0 Å². The molecule has 5 nitrogen and oxygen atoms in total. The van der Waals surface area contributed by atoms with Gasteiger partial charge in [0.25, 0.3) is 0 Å². The third-order valence-corrected chi connectivity index (χ3v) is 2.91. The molecule has 0 radical (unpaired) electrons. The number of esters is 1. The fourth-order valence-corrected chi connectivity index (χ4v) is 1.87. The van der Waals surface area contributed by atoms with Crippen molar-refractivity contribution in [3.05, 3.63) is 22.2 Å². The summed E-state index contributed by atoms with van der Waals surface area (Å²) < 4.78 is 15.6. The molecule has 0 aromatic heterocycles. The van der Waals surface area contributed by atoms with E-state index >= 15 is 0 Å². The second-order valence-corrected chi connectivity index (χ2v) is 4.08. The number of carbonyl (C=O) groups is 1. The van der Waals surface area contributed by atoms with Gasteiger partial charge in [0.15, 0.2) is 0 Å². The van der Waals surface area contributed by atoms with Crippen molar-refractivity contribution < 1.29 is 19.0 Å². The fourth-order valence-electron chi connectivity index (χ4n) is 1.38. The summed E-state index contributed by atoms with van der Waals surface area (Å²) in [5, 5.41) is 0. The molecular formula is C11H15BrClNO4. The highest BCUT2D eigenvalue weighted by Crippen LogP contribution is 2.35. The Morgan fingerprint density at radius 2 is 1.78 bits per heavy atom. The minimum absolute atomic E-state index is 0. The first-order valence-electron chi connectivity index (χ1n) is 4.80. The fraction of sp³-hybridized carbons (Fsp3) is 0.364. The largest absolute Gasteiger partial charge is 0.496 e. The lowest BCUT2D eigenvalue weighted by Crippen LogP contribution is -2.23. The van der Waals surface area contributed by atoms with E-state index in [1.54, 1.807) is 12.1 Å². The number of carbonyl (C=O) groups excluding carboxylic acids is 1. The number of rotatable bonds is 4. The Kier molecular flexibility index (Phi) is 7.05. The molecular weight excluding hydrogens is 325 g/mol. The van der Waals surface area contributed by atoms with Crippen LogP contribution in [0.15, 0.2) is 16.6 Å². The molecule has 0 heterocycles. The van der Waals surface area contributed by atoms with Crippen LogP contribution in [0.25, 0.3) is 0 Å². The normalized spacial score (nSPS) is 11.2. The summed E-state index contributed by atoms with van der Waals surface area (Å²) in [5.41, 5.74) is 6.29. The van der Waals surface area contributed by atoms with Crippen LogP contribution in [0.5, 0.6) is 11.5 Å². The summed E-state index contributed by atoms with van der Waals surface area (Å²) in [6.07, 6.45) is 0. The number of methoxy groups -OCH3 is 3. The third-order valence-electron chi connectivity index (χ3n) is 2.29. The van der Waals surface area contributed by atoms with Crippen LogP contribution >= 0.6 is 28.3 Å². The Balaban J connectivity index is 0.00000289. The molecule has 1 rings (SSSR count). The lowest BCUT2D eigenvalue weighted by Gasteiger charge is -2.16. The zero-order valence-corrected chi connectivity index (χ0v) is 12.6. The van der Waals surface area contributed by atoms with Gasteiger partial charge >= 0.3 is 5.97 Å². The topological polar surface area (TPSA) is 70.8 Å². The second-order valence-electron chi connectivity index (χ2n) is 3.23. The molecule has 102 valence electrons. The van der Waals surface area contributed by atoms with Crippen LogP contribution in [0.4, 0.5) is 0 Å². The van der Waals surface area contributed by atoms with Crippen molar-refractivity contribution in [3.63, 3.8) is 0 Å². The molecule has 0 aliphatic heterocycles. The maximum absolute atomic E-state index is 11.4. The van der Waals surface area contributed by atoms with Gasteiger partial charge in [0.2, 0.25) is 0 Å². The van der Waals surface area contributed by atoms with Gasteiger partial charge < -0.3 is 19.9 Å². The van der Waals surface area contributed by atoms with E-state index in [2.05, 4.69) is 20.7 Å². The SMILES string of the molecule is COC(=O)[C@H](N)c1cc(OC)c(Br)cc1OC.Cl. The van der Waals surface area contributed by atoms with Crippen LogP contribution in [-0.4, -0.2) is 27.3 Å². The van der Waals surface area contributed by atoms with Crippen LogP contribution in [-0.2, 0) is 9.53 Å². The molecule has 0 fully saturated rings. The standard InChI is InChI=1S/C11H14BrNO4.ClH/c1-15-8-5-7(12)9(16-2)4-6(8)10(13)11(14)17-3;/h4-5,10H,13H2,1-3H3;1H/t10-;/m1./s1. The smallest absolute Gasteiger partial charge is 0.327 e. The first-order chi connectivity index (χ1) is 8.04. The van der Waals surface area contributed by atoms with E-state index in [0.29, 0.717) is 17.1 Å². The van der Waals surface area contributed by atoms with Crippen molar-refractivity contribution in [2.45, 2.75) is 6.04 Å². The summed E-state index contributed by atoms with van der Waals surface area (Å²) >= 11 is 3.32. The summed E-state index contributed by atoms with van der Waals surface area (Å²) in [6.45, 7) is 0. The zero-order chi connectivity index (χ0) is 13.0. The number of halogens is 2. The van der Waals surface area contributed by atoms with Crippen molar-refractivity contribution in [1.29, 1.82) is 0 Å². The molecule has 0 spiro atoms. The van der Waals surface area contributed by atoms with E-state index in [1.165, 1.54) is 21.3 Å². The van der Waals surface area contributed by atoms with Crippen molar-refractivity contribution >= 4 is 34.3 Å². The van der Waals surface area contributed by atoms with Gasteiger partial charge in [0.1, 0.15) is 17.5 Å². The first-order valence-corrected chi connectivity index (χ1v) is 5.59. The predicted molar refractivity (Wildman–Crippen MR) is 73.4 cm³/mol. The van der Waals surface area contributed by atoms with Crippen LogP contribution < -0.4 is 15.2 Å². The third kappa shape index (κ3) is 3.51. The summed E-state index contributed by atoms with van der Waals surface area (Å²) in [7, 11) is 4.31. The van der Waals surface area contributed by atoms with Crippen LogP contribution in [0.1, 0.15) is 11.6 Å². The van der Waals surface area contributed by atoms with Crippen molar-refractivity contribution in [2.24, 2.45) is 5.73 Å². The Labute approximate surface area is 120 Å². The van der Waals surface area contributed by atoms with Gasteiger partial charge in [-0.15, -0.1) is 12.4 Å². The molecule has 1 aromatic rings. The van der Waals surface area contributed by atoms with Crippen molar-refractivity contribution in [3.8, 4) is 11.5 Å². The molecule has 0 aliphatic rings. The lowest BCUT2D eigenvalue weighted by atomic mass is 10.1. The van der Waals surface area contributed by atoms with E-state index in [0.717, 1.165) is 4.47 Å². The van der Waals surface area contributed by atoms with E-state index in [9.17, 15) is 4.79 Å². The quantitative estimate of drug-likeness (QED) is 0.850. The first kappa shape index (κ1) is 17.0. The van der Waals surface area contributed by atoms with Gasteiger partial charge in [-0.05, 0) is 28.1 Å². The average Bonchev–Trinajstić information content (AvgIpc) is 2.36. The number of nitrogens with two attached hydrogens (primary N) is 1. The highest BCUT2D eigenvalue weighted by Gasteiger charge is 2.22. The summed E-state index contributed by atoms with van der Waals surface area (Å²) in [6, 6.07) is 2.43. The number of hydrogen-bond acceptors (Lipinski definition) is 5. The zero-order valence-electron chi connectivity index (χ0n) is 10.2. The van der Waals surface area contributed by atoms with E-state index in [-0.39, 0.29) is 12.4 Å². The minimum atomic E-state index is -0.906. The Morgan fingerprint density at radius 1 is 1.22 bits per heavy atom. The van der Waals surface area contributed by atoms with Gasteiger partial charge in [0.05, 0.1) is 25.8 Å². The van der Waals surface area contributed by atoms with Gasteiger partial charge in [-0.1, -0.05) is 0 Å². The van der Waals surface area contributed by atoms with Gasteiger partial charge in [-0.2, -0.15) is 0 Å². The van der Waals surface area contributed by atoms with Crippen molar-refractivity contribution in [2.75, 3.05) is 21.3 Å². The van der Waals surface area contributed by atoms with E-state index < -0.39 is 12.0 Å². The molecule has 7 heteroatoms. The predicted octanol–water partition coefficient (Wildman–Crippen LogP) is 2.06. The number of ether oxygens (including phenoxy) is 3. The minimum Gasteiger partial charge on any atom is -0.496 e. The van der Waals surface area contributed by atoms with E-state index in [4.69, 9.17) is 15.2 Å². The molecule has 1 aromatic carbocycles. The summed E-state index contributed by atoms with van der Waals surface area (Å²) in [4.78, 5) is 11.4. The maximum atomic E-state index is 11.4. The molecule has 0 bridgehead atoms. The Bertz CT molecular complexity index is 428. The molecule has 0 aliphatic carbocycles. The molecule has 18 heavy (non-hydrogen) atoms. The van der Waals surface area contributed by atoms with Gasteiger partial charge in [-0.3, -0.25) is 4.79 Å². The van der Waals surface area contributed by atoms with Crippen LogP contribution in [0.2, 0.25) is 0 Å². The average molecular weight is 341 g/mol. The van der Waals surface area contributed by atoms with Gasteiger partial charge in [-0.25, -0.2) is 0 Å². The highest BCUT2D eigenvalue weighted by molar-refractivity contribution is 9.10. The van der Waals surface area contributed by atoms with Crippen LogP contribution in [0.3, 0.4) is 0 Å².